The van der Waals surface area contributed by atoms with Crippen LogP contribution in [0.15, 0.2) is 65.6 Å². The molecule has 7 nitrogen and oxygen atoms in total. The topological polar surface area (TPSA) is 102 Å². The Morgan fingerprint density at radius 1 is 0.967 bits per heavy atom. The molecule has 1 atom stereocenters. The standard InChI is InChI=1S/C19H19F3N2O5S/c1-2-29-17(26)18(19(20,21)22,23-16(25)13-14-9-5-3-6-10-14)24-30(27,28)15-11-7-4-8-12-15/h3-12,24H,2,13H2,1H3,(H,23,25). The molecule has 2 N–H and O–H groups in total. The van der Waals surface area contributed by atoms with Crippen LogP contribution >= 0.6 is 0 Å². The van der Waals surface area contributed by atoms with Gasteiger partial charge in [-0.15, -0.1) is 0 Å². The number of rotatable bonds is 8. The van der Waals surface area contributed by atoms with Gasteiger partial charge in [0.05, 0.1) is 17.9 Å². The van der Waals surface area contributed by atoms with Crippen LogP contribution in [0.2, 0.25) is 0 Å². The Hall–Kier alpha value is -2.92. The molecule has 162 valence electrons. The minimum absolute atomic E-state index is 0.362. The number of amides is 1. The molecule has 11 heteroatoms. The maximum Gasteiger partial charge on any atom is 0.437 e. The second kappa shape index (κ2) is 9.26. The van der Waals surface area contributed by atoms with Crippen molar-refractivity contribution in [1.82, 2.24) is 10.0 Å². The molecule has 0 radical (unpaired) electrons. The summed E-state index contributed by atoms with van der Waals surface area (Å²) in [5.74, 6) is -3.24. The van der Waals surface area contributed by atoms with E-state index in [1.807, 2.05) is 0 Å². The summed E-state index contributed by atoms with van der Waals surface area (Å²) in [5, 5.41) is 1.50. The van der Waals surface area contributed by atoms with Crippen molar-refractivity contribution >= 4 is 21.9 Å². The van der Waals surface area contributed by atoms with E-state index in [1.165, 1.54) is 47.3 Å². The van der Waals surface area contributed by atoms with Crippen LogP contribution in [-0.2, 0) is 30.8 Å². The number of carbonyl (C=O) groups excluding carboxylic acids is 2. The predicted molar refractivity (Wildman–Crippen MR) is 100 cm³/mol. The van der Waals surface area contributed by atoms with Gasteiger partial charge in [0.15, 0.2) is 0 Å². The van der Waals surface area contributed by atoms with Crippen molar-refractivity contribution in [2.45, 2.75) is 30.1 Å². The van der Waals surface area contributed by atoms with Gasteiger partial charge in [-0.2, -0.15) is 17.9 Å². The summed E-state index contributed by atoms with van der Waals surface area (Å²) >= 11 is 0. The molecule has 0 bridgehead atoms. The Labute approximate surface area is 171 Å². The summed E-state index contributed by atoms with van der Waals surface area (Å²) < 4.78 is 73.1. The number of esters is 1. The third-order valence-corrected chi connectivity index (χ3v) is 5.35. The molecular weight excluding hydrogens is 425 g/mol. The van der Waals surface area contributed by atoms with Crippen LogP contribution < -0.4 is 10.0 Å². The number of nitrogens with one attached hydrogen (secondary N) is 2. The minimum Gasteiger partial charge on any atom is -0.463 e. The molecule has 0 fully saturated rings. The number of halogens is 3. The molecule has 0 aliphatic carbocycles. The minimum atomic E-state index is -5.55. The molecule has 0 spiro atoms. The van der Waals surface area contributed by atoms with Crippen LogP contribution in [0.5, 0.6) is 0 Å². The average molecular weight is 444 g/mol. The van der Waals surface area contributed by atoms with E-state index >= 15 is 0 Å². The van der Waals surface area contributed by atoms with E-state index in [0.29, 0.717) is 5.56 Å². The van der Waals surface area contributed by atoms with Crippen LogP contribution in [0.3, 0.4) is 0 Å². The fourth-order valence-corrected chi connectivity index (χ4v) is 3.78. The van der Waals surface area contributed by atoms with Crippen LogP contribution in [0.4, 0.5) is 13.2 Å². The summed E-state index contributed by atoms with van der Waals surface area (Å²) in [6.45, 7) is 0.773. The highest BCUT2D eigenvalue weighted by atomic mass is 32.2. The highest BCUT2D eigenvalue weighted by Crippen LogP contribution is 2.31. The molecule has 30 heavy (non-hydrogen) atoms. The lowest BCUT2D eigenvalue weighted by Gasteiger charge is -2.34. The fourth-order valence-electron chi connectivity index (χ4n) is 2.50. The Morgan fingerprint density at radius 2 is 1.50 bits per heavy atom. The lowest BCUT2D eigenvalue weighted by molar-refractivity contribution is -0.217. The smallest absolute Gasteiger partial charge is 0.437 e. The van der Waals surface area contributed by atoms with Crippen molar-refractivity contribution in [3.8, 4) is 0 Å². The molecule has 0 aliphatic rings. The number of benzene rings is 2. The normalized spacial score (nSPS) is 13.9. The zero-order chi connectivity index (χ0) is 22.4. The zero-order valence-corrected chi connectivity index (χ0v) is 16.6. The number of hydrogen-bond donors (Lipinski definition) is 2. The molecule has 1 unspecified atom stereocenters. The van der Waals surface area contributed by atoms with Gasteiger partial charge in [-0.25, -0.2) is 13.2 Å². The van der Waals surface area contributed by atoms with Gasteiger partial charge < -0.3 is 10.1 Å². The first kappa shape index (κ1) is 23.4. The lowest BCUT2D eigenvalue weighted by Crippen LogP contribution is -2.73. The molecule has 2 aromatic rings. The van der Waals surface area contributed by atoms with Gasteiger partial charge in [0.2, 0.25) is 15.9 Å². The third-order valence-electron chi connectivity index (χ3n) is 3.88. The zero-order valence-electron chi connectivity index (χ0n) is 15.8. The summed E-state index contributed by atoms with van der Waals surface area (Å²) in [5.41, 5.74) is -3.65. The van der Waals surface area contributed by atoms with Gasteiger partial charge in [-0.1, -0.05) is 48.5 Å². The molecule has 0 saturated heterocycles. The SMILES string of the molecule is CCOC(=O)C(NC(=O)Cc1ccccc1)(NS(=O)(=O)c1ccccc1)C(F)(F)F. The van der Waals surface area contributed by atoms with Gasteiger partial charge in [0.1, 0.15) is 0 Å². The van der Waals surface area contributed by atoms with Crippen molar-refractivity contribution < 1.29 is 35.9 Å². The second-order valence-corrected chi connectivity index (χ2v) is 7.78. The quantitative estimate of drug-likeness (QED) is 0.480. The molecule has 2 aromatic carbocycles. The maximum absolute atomic E-state index is 14.1. The summed E-state index contributed by atoms with van der Waals surface area (Å²) in [6.07, 6.45) is -6.07. The first-order chi connectivity index (χ1) is 14.0. The second-order valence-electron chi connectivity index (χ2n) is 6.10. The average Bonchev–Trinajstić information content (AvgIpc) is 2.68. The number of hydrogen-bond acceptors (Lipinski definition) is 5. The van der Waals surface area contributed by atoms with E-state index in [4.69, 9.17) is 0 Å². The highest BCUT2D eigenvalue weighted by molar-refractivity contribution is 7.89. The van der Waals surface area contributed by atoms with Crippen LogP contribution in [-0.4, -0.2) is 38.7 Å². The monoisotopic (exact) mass is 444 g/mol. The summed E-state index contributed by atoms with van der Waals surface area (Å²) in [6, 6.07) is 13.9. The van der Waals surface area contributed by atoms with Crippen LogP contribution in [0.1, 0.15) is 12.5 Å². The third kappa shape index (κ3) is 5.36. The number of sulfonamides is 1. The van der Waals surface area contributed by atoms with Crippen molar-refractivity contribution in [3.63, 3.8) is 0 Å². The summed E-state index contributed by atoms with van der Waals surface area (Å²) in [4.78, 5) is 24.1. The van der Waals surface area contributed by atoms with E-state index in [0.717, 1.165) is 12.1 Å². The summed E-state index contributed by atoms with van der Waals surface area (Å²) in [7, 11) is -4.87. The van der Waals surface area contributed by atoms with E-state index < -0.39 is 51.7 Å². The first-order valence-electron chi connectivity index (χ1n) is 8.70. The van der Waals surface area contributed by atoms with E-state index in [2.05, 4.69) is 4.74 Å². The van der Waals surface area contributed by atoms with Gasteiger partial charge in [-0.3, -0.25) is 4.79 Å². The fraction of sp³-hybridized carbons (Fsp3) is 0.263. The first-order valence-corrected chi connectivity index (χ1v) is 10.2. The van der Waals surface area contributed by atoms with Gasteiger partial charge in [0.25, 0.3) is 0 Å². The predicted octanol–water partition coefficient (Wildman–Crippen LogP) is 2.15. The lowest BCUT2D eigenvalue weighted by atomic mass is 10.1. The number of ether oxygens (including phenoxy) is 1. The molecule has 0 aliphatic heterocycles. The highest BCUT2D eigenvalue weighted by Gasteiger charge is 2.65. The van der Waals surface area contributed by atoms with Gasteiger partial charge in [0, 0.05) is 0 Å². The van der Waals surface area contributed by atoms with E-state index in [1.54, 1.807) is 18.2 Å². The molecular formula is C19H19F3N2O5S. The molecule has 2 rings (SSSR count). The van der Waals surface area contributed by atoms with Crippen molar-refractivity contribution in [2.24, 2.45) is 0 Å². The largest absolute Gasteiger partial charge is 0.463 e. The number of alkyl halides is 3. The van der Waals surface area contributed by atoms with E-state index in [-0.39, 0.29) is 0 Å². The van der Waals surface area contributed by atoms with Gasteiger partial charge >= 0.3 is 17.8 Å². The Balaban J connectivity index is 2.47. The van der Waals surface area contributed by atoms with Gasteiger partial charge in [-0.05, 0) is 24.6 Å². The molecule has 0 aromatic heterocycles. The van der Waals surface area contributed by atoms with Crippen molar-refractivity contribution in [2.75, 3.05) is 6.61 Å². The molecule has 0 saturated carbocycles. The Morgan fingerprint density at radius 3 is 2.00 bits per heavy atom. The van der Waals surface area contributed by atoms with E-state index in [9.17, 15) is 31.2 Å². The Bertz CT molecular complexity index is 982. The van der Waals surface area contributed by atoms with Crippen LogP contribution in [0.25, 0.3) is 0 Å². The van der Waals surface area contributed by atoms with Crippen LogP contribution in [0, 0.1) is 0 Å². The maximum atomic E-state index is 14.1. The molecule has 0 heterocycles. The molecule has 1 amide bonds. The van der Waals surface area contributed by atoms with Crippen molar-refractivity contribution in [1.29, 1.82) is 0 Å². The van der Waals surface area contributed by atoms with Crippen molar-refractivity contribution in [3.05, 3.63) is 66.2 Å². The number of carbonyl (C=O) groups is 2. The Kier molecular flexibility index (Phi) is 7.21.